The second-order valence-corrected chi connectivity index (χ2v) is 10.9. The smallest absolute Gasteiger partial charge is 0.250 e. The highest BCUT2D eigenvalue weighted by molar-refractivity contribution is 9.10. The molecule has 0 bridgehead atoms. The van der Waals surface area contributed by atoms with Gasteiger partial charge in [0.1, 0.15) is 6.61 Å². The molecule has 0 aliphatic carbocycles. The van der Waals surface area contributed by atoms with Crippen molar-refractivity contribution < 1.29 is 9.53 Å². The highest BCUT2D eigenvalue weighted by Gasteiger charge is 2.42. The number of nitrogens with one attached hydrogen (secondary N) is 2. The molecule has 2 aromatic heterocycles. The SMILES string of the molecule is COCC(=O)Nc1ccc(N2C(=S)N[C@H](c3ccccn3)[C@@H]2c2cc(C)n(-c3cccc(Br)c3)c2C)cc1C. The molecule has 1 fully saturated rings. The molecule has 2 aromatic carbocycles. The maximum Gasteiger partial charge on any atom is 0.250 e. The van der Waals surface area contributed by atoms with Gasteiger partial charge in [-0.15, -0.1) is 0 Å². The van der Waals surface area contributed by atoms with E-state index in [1.54, 1.807) is 0 Å². The summed E-state index contributed by atoms with van der Waals surface area (Å²) in [4.78, 5) is 19.0. The van der Waals surface area contributed by atoms with Gasteiger partial charge in [0.2, 0.25) is 5.91 Å². The number of aryl methyl sites for hydroxylation is 2. The molecule has 4 aromatic rings. The third kappa shape index (κ3) is 5.34. The molecule has 0 radical (unpaired) electrons. The van der Waals surface area contributed by atoms with Crippen molar-refractivity contribution in [2.24, 2.45) is 0 Å². The van der Waals surface area contributed by atoms with E-state index in [1.165, 1.54) is 7.11 Å². The highest BCUT2D eigenvalue weighted by Crippen LogP contribution is 2.44. The average molecular weight is 605 g/mol. The zero-order valence-corrected chi connectivity index (χ0v) is 24.6. The number of anilines is 2. The van der Waals surface area contributed by atoms with Crippen molar-refractivity contribution in [1.29, 1.82) is 0 Å². The summed E-state index contributed by atoms with van der Waals surface area (Å²) in [5.74, 6) is -0.195. The van der Waals surface area contributed by atoms with Gasteiger partial charge in [-0.2, -0.15) is 0 Å². The number of benzene rings is 2. The zero-order chi connectivity index (χ0) is 27.7. The van der Waals surface area contributed by atoms with E-state index in [0.29, 0.717) is 5.11 Å². The second kappa shape index (κ2) is 11.3. The summed E-state index contributed by atoms with van der Waals surface area (Å²) >= 11 is 9.55. The average Bonchev–Trinajstić information content (AvgIpc) is 3.40. The van der Waals surface area contributed by atoms with Gasteiger partial charge in [0.05, 0.1) is 17.8 Å². The van der Waals surface area contributed by atoms with Crippen LogP contribution in [0.15, 0.2) is 77.4 Å². The Morgan fingerprint density at radius 1 is 1.08 bits per heavy atom. The van der Waals surface area contributed by atoms with Crippen LogP contribution in [-0.4, -0.2) is 34.3 Å². The summed E-state index contributed by atoms with van der Waals surface area (Å²) in [6.45, 7) is 6.25. The number of carbonyl (C=O) groups excluding carboxylic acids is 1. The van der Waals surface area contributed by atoms with Gasteiger partial charge >= 0.3 is 0 Å². The Bertz CT molecular complexity index is 1540. The Balaban J connectivity index is 1.61. The van der Waals surface area contributed by atoms with Crippen molar-refractivity contribution in [2.75, 3.05) is 23.9 Å². The Morgan fingerprint density at radius 2 is 1.90 bits per heavy atom. The summed E-state index contributed by atoms with van der Waals surface area (Å²) in [7, 11) is 1.50. The van der Waals surface area contributed by atoms with Crippen molar-refractivity contribution in [3.05, 3.63) is 106 Å². The van der Waals surface area contributed by atoms with Crippen LogP contribution in [0.1, 0.15) is 40.3 Å². The lowest BCUT2D eigenvalue weighted by Gasteiger charge is -2.29. The summed E-state index contributed by atoms with van der Waals surface area (Å²) in [5, 5.41) is 7.08. The van der Waals surface area contributed by atoms with E-state index in [-0.39, 0.29) is 24.6 Å². The van der Waals surface area contributed by atoms with Crippen LogP contribution in [-0.2, 0) is 9.53 Å². The number of ether oxygens (including phenoxy) is 1. The Morgan fingerprint density at radius 3 is 2.59 bits per heavy atom. The fourth-order valence-corrected chi connectivity index (χ4v) is 6.04. The van der Waals surface area contributed by atoms with Crippen LogP contribution < -0.4 is 15.5 Å². The molecule has 5 rings (SSSR count). The van der Waals surface area contributed by atoms with Gasteiger partial charge in [-0.3, -0.25) is 9.78 Å². The van der Waals surface area contributed by atoms with Crippen molar-refractivity contribution >= 4 is 50.5 Å². The van der Waals surface area contributed by atoms with Crippen LogP contribution in [0.3, 0.4) is 0 Å². The van der Waals surface area contributed by atoms with Gasteiger partial charge in [0, 0.05) is 46.2 Å². The first-order valence-corrected chi connectivity index (χ1v) is 13.8. The van der Waals surface area contributed by atoms with Gasteiger partial charge in [-0.25, -0.2) is 0 Å². The van der Waals surface area contributed by atoms with E-state index in [1.807, 2.05) is 55.6 Å². The number of aromatic nitrogens is 2. The molecule has 3 heterocycles. The van der Waals surface area contributed by atoms with Crippen LogP contribution >= 0.6 is 28.1 Å². The van der Waals surface area contributed by atoms with Gasteiger partial charge in [-0.1, -0.05) is 28.1 Å². The number of methoxy groups -OCH3 is 1. The lowest BCUT2D eigenvalue weighted by Crippen LogP contribution is -2.29. The first kappa shape index (κ1) is 27.1. The van der Waals surface area contributed by atoms with Crippen LogP contribution in [0, 0.1) is 20.8 Å². The molecule has 2 N–H and O–H groups in total. The Hall–Kier alpha value is -3.53. The van der Waals surface area contributed by atoms with Crippen molar-refractivity contribution in [3.8, 4) is 5.69 Å². The molecule has 9 heteroatoms. The first-order valence-electron chi connectivity index (χ1n) is 12.6. The number of hydrogen-bond donors (Lipinski definition) is 2. The van der Waals surface area contributed by atoms with Gasteiger partial charge in [-0.05, 0) is 98.7 Å². The normalized spacial score (nSPS) is 16.8. The van der Waals surface area contributed by atoms with E-state index in [0.717, 1.165) is 49.7 Å². The molecule has 1 aliphatic rings. The maximum absolute atomic E-state index is 12.1. The van der Waals surface area contributed by atoms with Crippen LogP contribution in [0.2, 0.25) is 0 Å². The van der Waals surface area contributed by atoms with Gasteiger partial charge in [0.25, 0.3) is 0 Å². The van der Waals surface area contributed by atoms with E-state index in [4.69, 9.17) is 17.0 Å². The molecule has 200 valence electrons. The van der Waals surface area contributed by atoms with Gasteiger partial charge < -0.3 is 24.8 Å². The van der Waals surface area contributed by atoms with E-state index >= 15 is 0 Å². The number of amides is 1. The number of rotatable bonds is 7. The highest BCUT2D eigenvalue weighted by atomic mass is 79.9. The largest absolute Gasteiger partial charge is 0.375 e. The number of hydrogen-bond acceptors (Lipinski definition) is 4. The predicted molar refractivity (Wildman–Crippen MR) is 163 cm³/mol. The first-order chi connectivity index (χ1) is 18.8. The monoisotopic (exact) mass is 603 g/mol. The molecule has 0 unspecified atom stereocenters. The number of carbonyl (C=O) groups is 1. The molecule has 1 aliphatic heterocycles. The molecule has 0 saturated carbocycles. The molecule has 7 nitrogen and oxygen atoms in total. The molecular weight excluding hydrogens is 574 g/mol. The molecular formula is C30H30BrN5O2S. The van der Waals surface area contributed by atoms with E-state index in [2.05, 4.69) is 79.1 Å². The third-order valence-electron chi connectivity index (χ3n) is 6.99. The van der Waals surface area contributed by atoms with Crippen LogP contribution in [0.4, 0.5) is 11.4 Å². The minimum absolute atomic E-state index is 0.00273. The number of thiocarbonyl (C=S) groups is 1. The second-order valence-electron chi connectivity index (χ2n) is 9.62. The third-order valence-corrected chi connectivity index (χ3v) is 7.80. The van der Waals surface area contributed by atoms with Gasteiger partial charge in [0.15, 0.2) is 5.11 Å². The van der Waals surface area contributed by atoms with Crippen LogP contribution in [0.5, 0.6) is 0 Å². The summed E-state index contributed by atoms with van der Waals surface area (Å²) in [6, 6.07) is 22.2. The zero-order valence-electron chi connectivity index (χ0n) is 22.2. The summed E-state index contributed by atoms with van der Waals surface area (Å²) in [6.07, 6.45) is 1.81. The van der Waals surface area contributed by atoms with Crippen molar-refractivity contribution in [3.63, 3.8) is 0 Å². The molecule has 39 heavy (non-hydrogen) atoms. The minimum atomic E-state index is -0.195. The predicted octanol–water partition coefficient (Wildman–Crippen LogP) is 6.32. The Kier molecular flexibility index (Phi) is 7.83. The quantitative estimate of drug-likeness (QED) is 0.241. The molecule has 2 atom stereocenters. The topological polar surface area (TPSA) is 71.4 Å². The summed E-state index contributed by atoms with van der Waals surface area (Å²) < 4.78 is 8.26. The lowest BCUT2D eigenvalue weighted by atomic mass is 9.96. The summed E-state index contributed by atoms with van der Waals surface area (Å²) in [5.41, 5.74) is 8.03. The lowest BCUT2D eigenvalue weighted by molar-refractivity contribution is -0.119. The Labute approximate surface area is 242 Å². The fraction of sp³-hybridized carbons (Fsp3) is 0.233. The number of nitrogens with zero attached hydrogens (tertiary/aromatic N) is 3. The number of halogens is 1. The van der Waals surface area contributed by atoms with Crippen molar-refractivity contribution in [1.82, 2.24) is 14.9 Å². The fourth-order valence-electron chi connectivity index (χ4n) is 5.30. The van der Waals surface area contributed by atoms with E-state index in [9.17, 15) is 4.79 Å². The minimum Gasteiger partial charge on any atom is -0.375 e. The molecule has 0 spiro atoms. The van der Waals surface area contributed by atoms with Crippen LogP contribution in [0.25, 0.3) is 5.69 Å². The maximum atomic E-state index is 12.1. The molecule has 1 amide bonds. The van der Waals surface area contributed by atoms with Crippen molar-refractivity contribution in [2.45, 2.75) is 32.9 Å². The number of pyridine rings is 1. The standard InChI is InChI=1S/C30H30BrN5O2S/c1-18-14-23(11-12-25(18)33-27(37)17-38-4)36-29(28(34-30(36)39)26-10-5-6-13-32-26)24-15-19(2)35(20(24)3)22-9-7-8-21(31)16-22/h5-16,28-29H,17H2,1-4H3,(H,33,37)(H,34,39)/t28-,29+/m1/s1. The molecule has 1 saturated heterocycles. The van der Waals surface area contributed by atoms with E-state index < -0.39 is 0 Å².